The fraction of sp³-hybridized carbons (Fsp3) is 0.353. The van der Waals surface area contributed by atoms with Gasteiger partial charge in [-0.2, -0.15) is 0 Å². The molecule has 1 fully saturated rings. The normalized spacial score (nSPS) is 16.4. The Hall–Kier alpha value is -2.63. The van der Waals surface area contributed by atoms with Gasteiger partial charge in [-0.25, -0.2) is 9.59 Å². The molecule has 2 rings (SSSR count). The second-order valence-electron chi connectivity index (χ2n) is 5.63. The zero-order valence-electron chi connectivity index (χ0n) is 13.3. The number of rotatable bonds is 5. The second-order valence-corrected chi connectivity index (χ2v) is 5.63. The van der Waals surface area contributed by atoms with Gasteiger partial charge in [0.25, 0.3) is 5.79 Å². The Morgan fingerprint density at radius 3 is 2.22 bits per heavy atom. The lowest BCUT2D eigenvalue weighted by Crippen LogP contribution is -2.42. The molecule has 1 N–H and O–H groups in total. The SMILES string of the molecule is CCCC(=O)c1ccc(NC=C2C(=O)OC(C)(C)OC2=O)cc1. The van der Waals surface area contributed by atoms with Crippen molar-refractivity contribution < 1.29 is 23.9 Å². The van der Waals surface area contributed by atoms with Crippen molar-refractivity contribution in [3.63, 3.8) is 0 Å². The Labute approximate surface area is 134 Å². The van der Waals surface area contributed by atoms with Gasteiger partial charge in [-0.15, -0.1) is 0 Å². The van der Waals surface area contributed by atoms with Crippen LogP contribution in [0.4, 0.5) is 5.69 Å². The number of cyclic esters (lactones) is 2. The van der Waals surface area contributed by atoms with Crippen LogP contribution in [0.25, 0.3) is 0 Å². The minimum absolute atomic E-state index is 0.0825. The van der Waals surface area contributed by atoms with Gasteiger partial charge in [0.2, 0.25) is 0 Å². The van der Waals surface area contributed by atoms with Gasteiger partial charge in [-0.3, -0.25) is 4.79 Å². The van der Waals surface area contributed by atoms with Gasteiger partial charge in [-0.05, 0) is 30.7 Å². The van der Waals surface area contributed by atoms with Gasteiger partial charge < -0.3 is 14.8 Å². The monoisotopic (exact) mass is 317 g/mol. The molecule has 6 heteroatoms. The summed E-state index contributed by atoms with van der Waals surface area (Å²) >= 11 is 0. The quantitative estimate of drug-likeness (QED) is 0.389. The van der Waals surface area contributed by atoms with E-state index in [2.05, 4.69) is 5.32 Å². The summed E-state index contributed by atoms with van der Waals surface area (Å²) in [5, 5.41) is 2.83. The predicted octanol–water partition coefficient (Wildman–Crippen LogP) is 2.80. The first kappa shape index (κ1) is 16.7. The van der Waals surface area contributed by atoms with Crippen molar-refractivity contribution in [2.75, 3.05) is 5.32 Å². The van der Waals surface area contributed by atoms with Gasteiger partial charge in [0.1, 0.15) is 0 Å². The summed E-state index contributed by atoms with van der Waals surface area (Å²) in [5.74, 6) is -2.66. The maximum Gasteiger partial charge on any atom is 0.350 e. The molecule has 0 aliphatic carbocycles. The molecule has 1 aromatic rings. The molecule has 0 radical (unpaired) electrons. The molecular weight excluding hydrogens is 298 g/mol. The van der Waals surface area contributed by atoms with Crippen molar-refractivity contribution in [2.45, 2.75) is 39.4 Å². The summed E-state index contributed by atoms with van der Waals surface area (Å²) in [4.78, 5) is 35.3. The molecule has 1 aromatic carbocycles. The highest BCUT2D eigenvalue weighted by Gasteiger charge is 2.38. The first-order chi connectivity index (χ1) is 10.8. The summed E-state index contributed by atoms with van der Waals surface area (Å²) in [7, 11) is 0. The van der Waals surface area contributed by atoms with Crippen LogP contribution in [0.15, 0.2) is 36.0 Å². The highest BCUT2D eigenvalue weighted by Crippen LogP contribution is 2.22. The van der Waals surface area contributed by atoms with E-state index >= 15 is 0 Å². The molecule has 0 aromatic heterocycles. The van der Waals surface area contributed by atoms with Gasteiger partial charge >= 0.3 is 11.9 Å². The van der Waals surface area contributed by atoms with Crippen LogP contribution in [0.5, 0.6) is 0 Å². The fourth-order valence-electron chi connectivity index (χ4n) is 2.06. The molecular formula is C17H19NO5. The lowest BCUT2D eigenvalue weighted by molar-refractivity contribution is -0.222. The third kappa shape index (κ3) is 4.18. The van der Waals surface area contributed by atoms with Crippen molar-refractivity contribution >= 4 is 23.4 Å². The van der Waals surface area contributed by atoms with E-state index in [1.165, 1.54) is 20.0 Å². The number of ketones is 1. The van der Waals surface area contributed by atoms with Crippen molar-refractivity contribution in [3.05, 3.63) is 41.6 Å². The summed E-state index contributed by atoms with van der Waals surface area (Å²) < 4.78 is 9.98. The smallest absolute Gasteiger partial charge is 0.350 e. The standard InChI is InChI=1S/C17H19NO5/c1-4-5-14(19)11-6-8-12(9-7-11)18-10-13-15(20)22-17(2,3)23-16(13)21/h6-10,18H,4-5H2,1-3H3. The number of hydrogen-bond donors (Lipinski definition) is 1. The van der Waals surface area contributed by atoms with E-state index in [0.717, 1.165) is 6.42 Å². The van der Waals surface area contributed by atoms with E-state index in [9.17, 15) is 14.4 Å². The Morgan fingerprint density at radius 1 is 1.13 bits per heavy atom. The van der Waals surface area contributed by atoms with Crippen LogP contribution in [-0.4, -0.2) is 23.5 Å². The number of carbonyl (C=O) groups excluding carboxylic acids is 3. The van der Waals surface area contributed by atoms with E-state index in [1.54, 1.807) is 24.3 Å². The van der Waals surface area contributed by atoms with E-state index in [1.807, 2.05) is 6.92 Å². The van der Waals surface area contributed by atoms with Crippen LogP contribution in [0, 0.1) is 0 Å². The lowest BCUT2D eigenvalue weighted by atomic mass is 10.1. The number of ether oxygens (including phenoxy) is 2. The third-order valence-corrected chi connectivity index (χ3v) is 3.18. The Morgan fingerprint density at radius 2 is 1.70 bits per heavy atom. The molecule has 6 nitrogen and oxygen atoms in total. The first-order valence-corrected chi connectivity index (χ1v) is 7.39. The van der Waals surface area contributed by atoms with Gasteiger partial charge in [0, 0.05) is 37.7 Å². The maximum atomic E-state index is 11.8. The molecule has 1 saturated heterocycles. The Bertz CT molecular complexity index is 636. The fourth-order valence-corrected chi connectivity index (χ4v) is 2.06. The van der Waals surface area contributed by atoms with E-state index in [-0.39, 0.29) is 11.4 Å². The molecule has 0 amide bonds. The molecule has 0 unspecified atom stereocenters. The summed E-state index contributed by atoms with van der Waals surface area (Å²) in [6.45, 7) is 4.92. The number of hydrogen-bond acceptors (Lipinski definition) is 6. The van der Waals surface area contributed by atoms with Crippen LogP contribution >= 0.6 is 0 Å². The number of esters is 2. The van der Waals surface area contributed by atoms with Crippen LogP contribution in [-0.2, 0) is 19.1 Å². The second kappa shape index (κ2) is 6.64. The van der Waals surface area contributed by atoms with E-state index in [4.69, 9.17) is 9.47 Å². The van der Waals surface area contributed by atoms with Crippen LogP contribution in [0.2, 0.25) is 0 Å². The van der Waals surface area contributed by atoms with Crippen LogP contribution in [0.1, 0.15) is 44.0 Å². The van der Waals surface area contributed by atoms with E-state index < -0.39 is 17.7 Å². The van der Waals surface area contributed by atoms with Gasteiger partial charge in [0.05, 0.1) is 0 Å². The molecule has 0 spiro atoms. The summed E-state index contributed by atoms with van der Waals surface area (Å²) in [6.07, 6.45) is 2.54. The predicted molar refractivity (Wildman–Crippen MR) is 83.6 cm³/mol. The molecule has 23 heavy (non-hydrogen) atoms. The number of benzene rings is 1. The van der Waals surface area contributed by atoms with Crippen molar-refractivity contribution in [2.24, 2.45) is 0 Å². The minimum Gasteiger partial charge on any atom is -0.419 e. The third-order valence-electron chi connectivity index (χ3n) is 3.18. The molecule has 122 valence electrons. The van der Waals surface area contributed by atoms with Crippen LogP contribution in [0.3, 0.4) is 0 Å². The lowest BCUT2D eigenvalue weighted by Gasteiger charge is -2.29. The topological polar surface area (TPSA) is 81.7 Å². The average Bonchev–Trinajstić information content (AvgIpc) is 2.46. The molecule has 1 heterocycles. The molecule has 0 saturated carbocycles. The van der Waals surface area contributed by atoms with Crippen molar-refractivity contribution in [1.82, 2.24) is 0 Å². The number of anilines is 1. The zero-order valence-corrected chi connectivity index (χ0v) is 13.3. The largest absolute Gasteiger partial charge is 0.419 e. The molecule has 0 atom stereocenters. The summed E-state index contributed by atoms with van der Waals surface area (Å²) in [6, 6.07) is 6.78. The molecule has 0 bridgehead atoms. The maximum absolute atomic E-state index is 11.8. The zero-order chi connectivity index (χ0) is 17.0. The Kier molecular flexibility index (Phi) is 4.83. The Balaban J connectivity index is 2.07. The van der Waals surface area contributed by atoms with Crippen molar-refractivity contribution in [3.8, 4) is 0 Å². The molecule has 1 aliphatic rings. The first-order valence-electron chi connectivity index (χ1n) is 7.39. The van der Waals surface area contributed by atoms with Gasteiger partial charge in [-0.1, -0.05) is 6.92 Å². The number of nitrogens with one attached hydrogen (secondary N) is 1. The average molecular weight is 317 g/mol. The van der Waals surface area contributed by atoms with Crippen LogP contribution < -0.4 is 5.32 Å². The molecule has 1 aliphatic heterocycles. The van der Waals surface area contributed by atoms with E-state index in [0.29, 0.717) is 17.7 Å². The van der Waals surface area contributed by atoms with Crippen molar-refractivity contribution in [1.29, 1.82) is 0 Å². The van der Waals surface area contributed by atoms with Gasteiger partial charge in [0.15, 0.2) is 11.4 Å². The minimum atomic E-state index is -1.26. The number of carbonyl (C=O) groups is 3. The highest BCUT2D eigenvalue weighted by molar-refractivity contribution is 6.15. The number of Topliss-reactive ketones (excluding diaryl/α,β-unsaturated/α-hetero) is 1. The summed E-state index contributed by atoms with van der Waals surface area (Å²) in [5.41, 5.74) is 1.05. The highest BCUT2D eigenvalue weighted by atomic mass is 16.7.